The summed E-state index contributed by atoms with van der Waals surface area (Å²) in [5, 5.41) is 12.1. The number of carboxylic acid groups (broad SMARTS) is 1. The van der Waals surface area contributed by atoms with Gasteiger partial charge in [0.2, 0.25) is 5.91 Å². The van der Waals surface area contributed by atoms with Crippen LogP contribution in [0.4, 0.5) is 0 Å². The Balaban J connectivity index is 2.08. The maximum absolute atomic E-state index is 12.4. The summed E-state index contributed by atoms with van der Waals surface area (Å²) in [4.78, 5) is 35.4. The highest BCUT2D eigenvalue weighted by Gasteiger charge is 2.22. The average Bonchev–Trinajstić information content (AvgIpc) is 2.73. The first-order valence-corrected chi connectivity index (χ1v) is 11.5. The van der Waals surface area contributed by atoms with Crippen LogP contribution < -0.4 is 5.32 Å². The summed E-state index contributed by atoms with van der Waals surface area (Å²) in [6.45, 7) is 5.84. The molecule has 0 aliphatic rings. The van der Waals surface area contributed by atoms with E-state index in [0.717, 1.165) is 16.7 Å². The summed E-state index contributed by atoms with van der Waals surface area (Å²) >= 11 is 1.31. The van der Waals surface area contributed by atoms with Crippen molar-refractivity contribution in [1.82, 2.24) is 5.32 Å². The molecule has 2 unspecified atom stereocenters. The molecule has 2 aromatic carbocycles. The van der Waals surface area contributed by atoms with Crippen LogP contribution in [0, 0.1) is 5.92 Å². The molecule has 0 spiro atoms. The lowest BCUT2D eigenvalue weighted by Gasteiger charge is -2.22. The standard InChI is InChI=1S/C25H31NO4S/c1-17(2)31-25(30)18(3)15-22(26-23(27)13-14-24(28)29)16-19-9-11-21(12-10-19)20-7-5-4-6-8-20/h4-12,17-18,22H,13-16H2,1-3H3,(H,26,27)(H,28,29). The number of aliphatic carboxylic acids is 1. The highest BCUT2D eigenvalue weighted by atomic mass is 32.2. The Bertz CT molecular complexity index is 865. The van der Waals surface area contributed by atoms with Crippen LogP contribution >= 0.6 is 11.8 Å². The molecule has 166 valence electrons. The van der Waals surface area contributed by atoms with Gasteiger partial charge in [0.05, 0.1) is 6.42 Å². The third-order valence-electron chi connectivity index (χ3n) is 4.87. The largest absolute Gasteiger partial charge is 0.481 e. The second-order valence-electron chi connectivity index (χ2n) is 8.05. The van der Waals surface area contributed by atoms with Crippen molar-refractivity contribution < 1.29 is 19.5 Å². The van der Waals surface area contributed by atoms with Gasteiger partial charge in [-0.3, -0.25) is 14.4 Å². The lowest BCUT2D eigenvalue weighted by Crippen LogP contribution is -2.38. The molecule has 31 heavy (non-hydrogen) atoms. The van der Waals surface area contributed by atoms with Gasteiger partial charge in [0.15, 0.2) is 5.12 Å². The van der Waals surface area contributed by atoms with E-state index in [2.05, 4.69) is 29.6 Å². The first-order chi connectivity index (χ1) is 14.7. The Morgan fingerprint density at radius 3 is 2.10 bits per heavy atom. The third kappa shape index (κ3) is 8.97. The fraction of sp³-hybridized carbons (Fsp3) is 0.400. The second-order valence-corrected chi connectivity index (χ2v) is 9.63. The van der Waals surface area contributed by atoms with Gasteiger partial charge in [-0.05, 0) is 29.5 Å². The molecule has 5 nitrogen and oxygen atoms in total. The molecule has 2 N–H and O–H groups in total. The molecule has 2 atom stereocenters. The van der Waals surface area contributed by atoms with E-state index in [9.17, 15) is 14.4 Å². The van der Waals surface area contributed by atoms with E-state index < -0.39 is 5.97 Å². The van der Waals surface area contributed by atoms with Crippen LogP contribution in [0.5, 0.6) is 0 Å². The molecular formula is C25H31NO4S. The van der Waals surface area contributed by atoms with Crippen LogP contribution in [-0.2, 0) is 20.8 Å². The first kappa shape index (κ1) is 24.7. The van der Waals surface area contributed by atoms with E-state index in [1.54, 1.807) is 0 Å². The van der Waals surface area contributed by atoms with Gasteiger partial charge in [-0.1, -0.05) is 87.1 Å². The van der Waals surface area contributed by atoms with E-state index in [4.69, 9.17) is 5.11 Å². The lowest BCUT2D eigenvalue weighted by molar-refractivity contribution is -0.138. The summed E-state index contributed by atoms with van der Waals surface area (Å²) < 4.78 is 0. The minimum Gasteiger partial charge on any atom is -0.481 e. The van der Waals surface area contributed by atoms with E-state index in [-0.39, 0.29) is 41.1 Å². The van der Waals surface area contributed by atoms with Crippen molar-refractivity contribution in [2.45, 2.75) is 57.7 Å². The maximum Gasteiger partial charge on any atom is 0.303 e. The number of hydrogen-bond acceptors (Lipinski definition) is 4. The Morgan fingerprint density at radius 2 is 1.52 bits per heavy atom. The molecule has 0 saturated heterocycles. The van der Waals surface area contributed by atoms with Crippen LogP contribution in [0.25, 0.3) is 11.1 Å². The molecule has 0 aromatic heterocycles. The van der Waals surface area contributed by atoms with Gasteiger partial charge in [-0.15, -0.1) is 0 Å². The molecule has 6 heteroatoms. The molecule has 0 aliphatic heterocycles. The lowest BCUT2D eigenvalue weighted by atomic mass is 9.95. The Kier molecular flexibility index (Phi) is 9.79. The summed E-state index contributed by atoms with van der Waals surface area (Å²) in [6.07, 6.45) is 0.819. The average molecular weight is 442 g/mol. The van der Waals surface area contributed by atoms with Gasteiger partial charge in [-0.25, -0.2) is 0 Å². The molecule has 0 aliphatic carbocycles. The number of carbonyl (C=O) groups excluding carboxylic acids is 2. The molecule has 0 heterocycles. The van der Waals surface area contributed by atoms with Crippen molar-refractivity contribution in [2.24, 2.45) is 5.92 Å². The highest BCUT2D eigenvalue weighted by molar-refractivity contribution is 8.14. The van der Waals surface area contributed by atoms with Crippen LogP contribution in [0.3, 0.4) is 0 Å². The van der Waals surface area contributed by atoms with E-state index in [1.165, 1.54) is 11.8 Å². The fourth-order valence-electron chi connectivity index (χ4n) is 3.33. The molecule has 0 radical (unpaired) electrons. The Labute approximate surface area is 188 Å². The SMILES string of the molecule is CC(C)SC(=O)C(C)CC(Cc1ccc(-c2ccccc2)cc1)NC(=O)CCC(=O)O. The highest BCUT2D eigenvalue weighted by Crippen LogP contribution is 2.23. The Morgan fingerprint density at radius 1 is 0.903 bits per heavy atom. The number of thioether (sulfide) groups is 1. The zero-order chi connectivity index (χ0) is 22.8. The second kappa shape index (κ2) is 12.3. The van der Waals surface area contributed by atoms with E-state index in [0.29, 0.717) is 12.8 Å². The number of carbonyl (C=O) groups is 3. The number of nitrogens with one attached hydrogen (secondary N) is 1. The molecule has 2 rings (SSSR count). The van der Waals surface area contributed by atoms with Gasteiger partial charge in [0, 0.05) is 23.6 Å². The predicted molar refractivity (Wildman–Crippen MR) is 126 cm³/mol. The monoisotopic (exact) mass is 441 g/mol. The van der Waals surface area contributed by atoms with Crippen LogP contribution in [0.1, 0.15) is 45.6 Å². The van der Waals surface area contributed by atoms with Crippen molar-refractivity contribution >= 4 is 28.8 Å². The number of carboxylic acids is 1. The predicted octanol–water partition coefficient (Wildman–Crippen LogP) is 4.94. The van der Waals surface area contributed by atoms with Crippen molar-refractivity contribution in [1.29, 1.82) is 0 Å². The van der Waals surface area contributed by atoms with Crippen molar-refractivity contribution in [3.63, 3.8) is 0 Å². The quantitative estimate of drug-likeness (QED) is 0.516. The summed E-state index contributed by atoms with van der Waals surface area (Å²) in [6, 6.07) is 18.0. The zero-order valence-electron chi connectivity index (χ0n) is 18.3. The van der Waals surface area contributed by atoms with Gasteiger partial charge in [0.25, 0.3) is 0 Å². The van der Waals surface area contributed by atoms with Gasteiger partial charge in [0.1, 0.15) is 0 Å². The topological polar surface area (TPSA) is 83.5 Å². The Hall–Kier alpha value is -2.60. The molecule has 2 aromatic rings. The number of hydrogen-bond donors (Lipinski definition) is 2. The van der Waals surface area contributed by atoms with Gasteiger partial charge in [-0.2, -0.15) is 0 Å². The van der Waals surface area contributed by atoms with Crippen LogP contribution in [0.2, 0.25) is 0 Å². The fourth-order valence-corrected chi connectivity index (χ4v) is 4.13. The molecule has 0 bridgehead atoms. The van der Waals surface area contributed by atoms with Crippen molar-refractivity contribution in [3.05, 3.63) is 60.2 Å². The molecule has 0 fully saturated rings. The van der Waals surface area contributed by atoms with Gasteiger partial charge < -0.3 is 10.4 Å². The van der Waals surface area contributed by atoms with Crippen molar-refractivity contribution in [3.8, 4) is 11.1 Å². The summed E-state index contributed by atoms with van der Waals surface area (Å²) in [5.41, 5.74) is 3.31. The zero-order valence-corrected chi connectivity index (χ0v) is 19.2. The smallest absolute Gasteiger partial charge is 0.303 e. The summed E-state index contributed by atoms with van der Waals surface area (Å²) in [7, 11) is 0. The number of benzene rings is 2. The van der Waals surface area contributed by atoms with E-state index >= 15 is 0 Å². The van der Waals surface area contributed by atoms with Crippen LogP contribution in [-0.4, -0.2) is 33.4 Å². The first-order valence-electron chi connectivity index (χ1n) is 10.6. The number of amides is 1. The minimum absolute atomic E-state index is 0.0676. The number of rotatable bonds is 11. The maximum atomic E-state index is 12.4. The van der Waals surface area contributed by atoms with Gasteiger partial charge >= 0.3 is 5.97 Å². The third-order valence-corrected chi connectivity index (χ3v) is 5.97. The summed E-state index contributed by atoms with van der Waals surface area (Å²) in [5.74, 6) is -1.51. The molecular weight excluding hydrogens is 410 g/mol. The minimum atomic E-state index is -1.000. The van der Waals surface area contributed by atoms with Crippen molar-refractivity contribution in [2.75, 3.05) is 0 Å². The molecule has 0 saturated carbocycles. The van der Waals surface area contributed by atoms with Crippen LogP contribution in [0.15, 0.2) is 54.6 Å². The normalized spacial score (nSPS) is 12.9. The molecule has 1 amide bonds. The van der Waals surface area contributed by atoms with E-state index in [1.807, 2.05) is 51.1 Å².